The van der Waals surface area contributed by atoms with Gasteiger partial charge in [0, 0.05) is 11.2 Å². The van der Waals surface area contributed by atoms with Gasteiger partial charge in [0.2, 0.25) is 0 Å². The Labute approximate surface area is 123 Å². The molecule has 0 fully saturated rings. The van der Waals surface area contributed by atoms with E-state index in [9.17, 15) is 9.90 Å². The maximum Gasteiger partial charge on any atom is 0.261 e. The van der Waals surface area contributed by atoms with Crippen molar-refractivity contribution in [2.24, 2.45) is 5.92 Å². The molecule has 1 atom stereocenters. The molecule has 2 N–H and O–H groups in total. The zero-order valence-corrected chi connectivity index (χ0v) is 13.0. The van der Waals surface area contributed by atoms with E-state index in [0.29, 0.717) is 18.9 Å². The Balaban J connectivity index is 2.06. The lowest BCUT2D eigenvalue weighted by Gasteiger charge is -2.13. The standard InChI is InChI=1S/C16H21NO2S/c1-10(2)8-12(18)9-17-16(19)15-11(3)13-6-4-5-7-14(13)20-15/h4-7,10,12,18H,8-9H2,1-3H3,(H,17,19). The van der Waals surface area contributed by atoms with Crippen LogP contribution in [0.1, 0.15) is 35.5 Å². The zero-order valence-electron chi connectivity index (χ0n) is 12.1. The first-order chi connectivity index (χ1) is 9.49. The number of carbonyl (C=O) groups is 1. The molecule has 1 aromatic carbocycles. The van der Waals surface area contributed by atoms with Gasteiger partial charge < -0.3 is 10.4 Å². The van der Waals surface area contributed by atoms with Gasteiger partial charge in [0.15, 0.2) is 0 Å². The molecule has 20 heavy (non-hydrogen) atoms. The van der Waals surface area contributed by atoms with Crippen molar-refractivity contribution in [2.75, 3.05) is 6.54 Å². The Hall–Kier alpha value is -1.39. The molecule has 0 radical (unpaired) electrons. The lowest BCUT2D eigenvalue weighted by Crippen LogP contribution is -2.32. The van der Waals surface area contributed by atoms with Gasteiger partial charge in [-0.3, -0.25) is 4.79 Å². The highest BCUT2D eigenvalue weighted by Gasteiger charge is 2.16. The summed E-state index contributed by atoms with van der Waals surface area (Å²) >= 11 is 1.50. The first kappa shape index (κ1) is 15.0. The summed E-state index contributed by atoms with van der Waals surface area (Å²) in [4.78, 5) is 13.0. The van der Waals surface area contributed by atoms with E-state index < -0.39 is 6.10 Å². The van der Waals surface area contributed by atoms with Crippen molar-refractivity contribution in [1.82, 2.24) is 5.32 Å². The SMILES string of the molecule is Cc1c(C(=O)NCC(O)CC(C)C)sc2ccccc12. The molecule has 2 aromatic rings. The molecule has 1 heterocycles. The number of nitrogens with one attached hydrogen (secondary N) is 1. The maximum absolute atomic E-state index is 12.2. The Morgan fingerprint density at radius 3 is 2.70 bits per heavy atom. The van der Waals surface area contributed by atoms with Crippen molar-refractivity contribution >= 4 is 27.3 Å². The molecule has 0 aliphatic rings. The number of rotatable bonds is 5. The number of thiophene rings is 1. The topological polar surface area (TPSA) is 49.3 Å². The number of aliphatic hydroxyl groups excluding tert-OH is 1. The summed E-state index contributed by atoms with van der Waals surface area (Å²) in [5.74, 6) is 0.333. The predicted octanol–water partition coefficient (Wildman–Crippen LogP) is 3.35. The van der Waals surface area contributed by atoms with E-state index in [-0.39, 0.29) is 5.91 Å². The average molecular weight is 291 g/mol. The lowest BCUT2D eigenvalue weighted by molar-refractivity contribution is 0.0903. The second-order valence-electron chi connectivity index (χ2n) is 5.55. The molecular formula is C16H21NO2S. The van der Waals surface area contributed by atoms with Gasteiger partial charge in [-0.15, -0.1) is 11.3 Å². The zero-order chi connectivity index (χ0) is 14.7. The summed E-state index contributed by atoms with van der Waals surface area (Å²) in [6, 6.07) is 8.02. The molecule has 108 valence electrons. The fraction of sp³-hybridized carbons (Fsp3) is 0.438. The van der Waals surface area contributed by atoms with E-state index in [4.69, 9.17) is 0 Å². The van der Waals surface area contributed by atoms with Crippen molar-refractivity contribution in [1.29, 1.82) is 0 Å². The first-order valence-electron chi connectivity index (χ1n) is 6.93. The minimum Gasteiger partial charge on any atom is -0.391 e. The smallest absolute Gasteiger partial charge is 0.261 e. The lowest BCUT2D eigenvalue weighted by atomic mass is 10.1. The van der Waals surface area contributed by atoms with E-state index >= 15 is 0 Å². The number of aliphatic hydroxyl groups is 1. The minimum atomic E-state index is -0.478. The van der Waals surface area contributed by atoms with Gasteiger partial charge in [0.25, 0.3) is 5.91 Å². The van der Waals surface area contributed by atoms with Crippen molar-refractivity contribution in [3.8, 4) is 0 Å². The van der Waals surface area contributed by atoms with Gasteiger partial charge in [0.1, 0.15) is 0 Å². The second kappa shape index (κ2) is 6.37. The molecule has 0 aliphatic heterocycles. The summed E-state index contributed by atoms with van der Waals surface area (Å²) in [5.41, 5.74) is 1.02. The molecule has 1 amide bonds. The van der Waals surface area contributed by atoms with Crippen molar-refractivity contribution in [3.63, 3.8) is 0 Å². The van der Waals surface area contributed by atoms with Gasteiger partial charge in [-0.05, 0) is 36.3 Å². The molecule has 2 rings (SSSR count). The predicted molar refractivity (Wildman–Crippen MR) is 84.4 cm³/mol. The number of fused-ring (bicyclic) bond motifs is 1. The molecule has 4 heteroatoms. The minimum absolute atomic E-state index is 0.0912. The van der Waals surface area contributed by atoms with Crippen LogP contribution in [-0.4, -0.2) is 23.7 Å². The first-order valence-corrected chi connectivity index (χ1v) is 7.75. The van der Waals surface area contributed by atoms with Crippen LogP contribution in [0, 0.1) is 12.8 Å². The van der Waals surface area contributed by atoms with Crippen LogP contribution >= 0.6 is 11.3 Å². The summed E-state index contributed by atoms with van der Waals surface area (Å²) in [6.07, 6.45) is 0.222. The number of benzene rings is 1. The van der Waals surface area contributed by atoms with Gasteiger partial charge >= 0.3 is 0 Å². The number of hydrogen-bond acceptors (Lipinski definition) is 3. The fourth-order valence-electron chi connectivity index (χ4n) is 2.31. The number of carbonyl (C=O) groups excluding carboxylic acids is 1. The van der Waals surface area contributed by atoms with Crippen molar-refractivity contribution in [3.05, 3.63) is 34.7 Å². The van der Waals surface area contributed by atoms with Crippen LogP contribution < -0.4 is 5.32 Å². The van der Waals surface area contributed by atoms with Gasteiger partial charge in [-0.2, -0.15) is 0 Å². The molecule has 0 saturated heterocycles. The monoisotopic (exact) mass is 291 g/mol. The molecular weight excluding hydrogens is 270 g/mol. The van der Waals surface area contributed by atoms with E-state index in [1.165, 1.54) is 11.3 Å². The summed E-state index contributed by atoms with van der Waals surface area (Å²) < 4.78 is 1.12. The van der Waals surface area contributed by atoms with Gasteiger partial charge in [-0.1, -0.05) is 32.0 Å². The number of amides is 1. The number of aryl methyl sites for hydroxylation is 1. The Bertz CT molecular complexity index is 604. The van der Waals surface area contributed by atoms with E-state index in [2.05, 4.69) is 19.2 Å². The summed E-state index contributed by atoms with van der Waals surface area (Å²) in [6.45, 7) is 6.39. The average Bonchev–Trinajstić information content (AvgIpc) is 2.73. The molecule has 0 bridgehead atoms. The molecule has 3 nitrogen and oxygen atoms in total. The summed E-state index contributed by atoms with van der Waals surface area (Å²) in [7, 11) is 0. The fourth-order valence-corrected chi connectivity index (χ4v) is 3.43. The van der Waals surface area contributed by atoms with Crippen LogP contribution in [0.5, 0.6) is 0 Å². The molecule has 0 spiro atoms. The van der Waals surface area contributed by atoms with E-state index in [1.54, 1.807) is 0 Å². The normalized spacial score (nSPS) is 12.8. The Morgan fingerprint density at radius 2 is 2.05 bits per heavy atom. The molecule has 1 unspecified atom stereocenters. The highest BCUT2D eigenvalue weighted by molar-refractivity contribution is 7.21. The highest BCUT2D eigenvalue weighted by Crippen LogP contribution is 2.30. The van der Waals surface area contributed by atoms with Crippen LogP contribution in [-0.2, 0) is 0 Å². The maximum atomic E-state index is 12.2. The largest absolute Gasteiger partial charge is 0.391 e. The van der Waals surface area contributed by atoms with Gasteiger partial charge in [0.05, 0.1) is 11.0 Å². The van der Waals surface area contributed by atoms with E-state index in [0.717, 1.165) is 20.5 Å². The highest BCUT2D eigenvalue weighted by atomic mass is 32.1. The molecule has 0 saturated carbocycles. The Kier molecular flexibility index (Phi) is 4.78. The van der Waals surface area contributed by atoms with Crippen LogP contribution in [0.25, 0.3) is 10.1 Å². The second-order valence-corrected chi connectivity index (χ2v) is 6.60. The third kappa shape index (κ3) is 3.38. The third-order valence-electron chi connectivity index (χ3n) is 3.29. The number of hydrogen-bond donors (Lipinski definition) is 2. The van der Waals surface area contributed by atoms with Crippen LogP contribution in [0.4, 0.5) is 0 Å². The van der Waals surface area contributed by atoms with Crippen molar-refractivity contribution < 1.29 is 9.90 Å². The van der Waals surface area contributed by atoms with E-state index in [1.807, 2.05) is 31.2 Å². The molecule has 0 aliphatic carbocycles. The van der Waals surface area contributed by atoms with Crippen molar-refractivity contribution in [2.45, 2.75) is 33.3 Å². The third-order valence-corrected chi connectivity index (χ3v) is 4.56. The molecule has 1 aromatic heterocycles. The Morgan fingerprint density at radius 1 is 1.35 bits per heavy atom. The quantitative estimate of drug-likeness (QED) is 0.887. The van der Waals surface area contributed by atoms with Crippen LogP contribution in [0.3, 0.4) is 0 Å². The van der Waals surface area contributed by atoms with Gasteiger partial charge in [-0.25, -0.2) is 0 Å². The van der Waals surface area contributed by atoms with Crippen LogP contribution in [0.2, 0.25) is 0 Å². The van der Waals surface area contributed by atoms with Crippen LogP contribution in [0.15, 0.2) is 24.3 Å². The summed E-state index contributed by atoms with van der Waals surface area (Å²) in [5, 5.41) is 13.8.